The van der Waals surface area contributed by atoms with Crippen LogP contribution in [-0.4, -0.2) is 30.1 Å². The minimum atomic E-state index is -0.176. The zero-order chi connectivity index (χ0) is 11.4. The van der Waals surface area contributed by atoms with Crippen LogP contribution in [-0.2, 0) is 17.7 Å². The molecule has 0 bridgehead atoms. The van der Waals surface area contributed by atoms with Gasteiger partial charge in [0.05, 0.1) is 12.1 Å². The number of hydroxylamine groups is 2. The van der Waals surface area contributed by atoms with Gasteiger partial charge in [0.25, 0.3) is 5.91 Å². The Morgan fingerprint density at radius 2 is 2.13 bits per heavy atom. The maximum atomic E-state index is 11.8. The number of hydrogen-bond donors (Lipinski definition) is 0. The molecule has 0 aromatic carbocycles. The van der Waals surface area contributed by atoms with Gasteiger partial charge in [-0.25, -0.2) is 10.0 Å². The van der Waals surface area contributed by atoms with E-state index >= 15 is 0 Å². The minimum Gasteiger partial charge on any atom is -0.274 e. The Morgan fingerprint density at radius 3 is 2.60 bits per heavy atom. The van der Waals surface area contributed by atoms with Crippen molar-refractivity contribution in [2.75, 3.05) is 14.2 Å². The van der Waals surface area contributed by atoms with Crippen LogP contribution in [0.25, 0.3) is 0 Å². The normalized spacial score (nSPS) is 10.4. The highest BCUT2D eigenvalue weighted by molar-refractivity contribution is 7.11. The van der Waals surface area contributed by atoms with Crippen molar-refractivity contribution in [3.63, 3.8) is 0 Å². The number of rotatable bonds is 4. The van der Waals surface area contributed by atoms with E-state index in [2.05, 4.69) is 4.98 Å². The van der Waals surface area contributed by atoms with Gasteiger partial charge in [0.15, 0.2) is 0 Å². The van der Waals surface area contributed by atoms with E-state index < -0.39 is 0 Å². The lowest BCUT2D eigenvalue weighted by molar-refractivity contribution is -0.0760. The molecule has 0 fully saturated rings. The third kappa shape index (κ3) is 2.54. The van der Waals surface area contributed by atoms with Gasteiger partial charge in [-0.3, -0.25) is 9.63 Å². The number of carbonyl (C=O) groups is 1. The molecule has 84 valence electrons. The highest BCUT2D eigenvalue weighted by atomic mass is 32.1. The second kappa shape index (κ2) is 5.23. The van der Waals surface area contributed by atoms with Crippen molar-refractivity contribution in [1.29, 1.82) is 0 Å². The van der Waals surface area contributed by atoms with Gasteiger partial charge in [-0.15, -0.1) is 11.3 Å². The average Bonchev–Trinajstić information content (AvgIpc) is 2.69. The van der Waals surface area contributed by atoms with Crippen LogP contribution in [0.1, 0.15) is 34.2 Å². The lowest BCUT2D eigenvalue weighted by Gasteiger charge is -2.12. The second-order valence-electron chi connectivity index (χ2n) is 3.07. The molecule has 0 atom stereocenters. The standard InChI is InChI=1S/C10H16N2O2S/c1-5-7-9(10(13)12(3)14-4)11-8(6-2)15-7/h5-6H2,1-4H3. The highest BCUT2D eigenvalue weighted by Crippen LogP contribution is 2.20. The first-order chi connectivity index (χ1) is 7.13. The molecule has 0 aliphatic rings. The molecule has 1 heterocycles. The van der Waals surface area contributed by atoms with Crippen LogP contribution in [0.2, 0.25) is 0 Å². The van der Waals surface area contributed by atoms with Crippen LogP contribution in [0, 0.1) is 0 Å². The molecule has 1 rings (SSSR count). The van der Waals surface area contributed by atoms with Gasteiger partial charge in [-0.05, 0) is 12.8 Å². The fourth-order valence-corrected chi connectivity index (χ4v) is 2.13. The van der Waals surface area contributed by atoms with Gasteiger partial charge in [0.1, 0.15) is 5.69 Å². The van der Waals surface area contributed by atoms with Crippen LogP contribution < -0.4 is 0 Å². The Balaban J connectivity index is 3.01. The molecular weight excluding hydrogens is 212 g/mol. The van der Waals surface area contributed by atoms with E-state index in [1.165, 1.54) is 12.2 Å². The van der Waals surface area contributed by atoms with E-state index in [4.69, 9.17) is 4.84 Å². The Kier molecular flexibility index (Phi) is 4.23. The van der Waals surface area contributed by atoms with Crippen LogP contribution >= 0.6 is 11.3 Å². The molecule has 1 amide bonds. The van der Waals surface area contributed by atoms with Gasteiger partial charge in [0, 0.05) is 11.9 Å². The van der Waals surface area contributed by atoms with Crippen molar-refractivity contribution in [1.82, 2.24) is 10.0 Å². The van der Waals surface area contributed by atoms with Gasteiger partial charge < -0.3 is 0 Å². The molecule has 0 aliphatic heterocycles. The fraction of sp³-hybridized carbons (Fsp3) is 0.600. The van der Waals surface area contributed by atoms with E-state index in [1.54, 1.807) is 18.4 Å². The second-order valence-corrected chi connectivity index (χ2v) is 4.24. The Morgan fingerprint density at radius 1 is 1.47 bits per heavy atom. The monoisotopic (exact) mass is 228 g/mol. The lowest BCUT2D eigenvalue weighted by Crippen LogP contribution is -2.26. The number of carbonyl (C=O) groups excluding carboxylic acids is 1. The largest absolute Gasteiger partial charge is 0.296 e. The topological polar surface area (TPSA) is 42.4 Å². The van der Waals surface area contributed by atoms with Crippen molar-refractivity contribution in [3.8, 4) is 0 Å². The third-order valence-electron chi connectivity index (χ3n) is 2.13. The smallest absolute Gasteiger partial charge is 0.274 e. The van der Waals surface area contributed by atoms with Gasteiger partial charge >= 0.3 is 0 Å². The quantitative estimate of drug-likeness (QED) is 0.739. The molecule has 0 radical (unpaired) electrons. The van der Waals surface area contributed by atoms with E-state index in [0.29, 0.717) is 5.69 Å². The first-order valence-corrected chi connectivity index (χ1v) is 5.76. The van der Waals surface area contributed by atoms with Crippen LogP contribution in [0.3, 0.4) is 0 Å². The van der Waals surface area contributed by atoms with Crippen LogP contribution in [0.5, 0.6) is 0 Å². The predicted molar refractivity (Wildman–Crippen MR) is 60.0 cm³/mol. The predicted octanol–water partition coefficient (Wildman–Crippen LogP) is 1.90. The Labute approximate surface area is 93.8 Å². The van der Waals surface area contributed by atoms with Crippen molar-refractivity contribution in [2.24, 2.45) is 0 Å². The van der Waals surface area contributed by atoms with Gasteiger partial charge in [-0.1, -0.05) is 13.8 Å². The summed E-state index contributed by atoms with van der Waals surface area (Å²) in [5.74, 6) is -0.176. The van der Waals surface area contributed by atoms with Crippen LogP contribution in [0.15, 0.2) is 0 Å². The Hall–Kier alpha value is -0.940. The number of thiazole rings is 1. The summed E-state index contributed by atoms with van der Waals surface area (Å²) in [5.41, 5.74) is 0.531. The Bertz CT molecular complexity index is 349. The molecule has 0 aliphatic carbocycles. The first kappa shape index (κ1) is 12.1. The van der Waals surface area contributed by atoms with Gasteiger partial charge in [-0.2, -0.15) is 0 Å². The maximum absolute atomic E-state index is 11.8. The van der Waals surface area contributed by atoms with E-state index in [0.717, 1.165) is 22.7 Å². The van der Waals surface area contributed by atoms with E-state index in [1.807, 2.05) is 13.8 Å². The summed E-state index contributed by atoms with van der Waals surface area (Å²) in [6.07, 6.45) is 1.69. The molecule has 0 saturated carbocycles. The molecule has 4 nitrogen and oxygen atoms in total. The summed E-state index contributed by atoms with van der Waals surface area (Å²) >= 11 is 1.60. The number of amides is 1. The zero-order valence-electron chi connectivity index (χ0n) is 9.53. The SMILES string of the molecule is CCc1nc(C(=O)N(C)OC)c(CC)s1. The van der Waals surface area contributed by atoms with Crippen LogP contribution in [0.4, 0.5) is 0 Å². The lowest BCUT2D eigenvalue weighted by atomic mass is 10.3. The summed E-state index contributed by atoms with van der Waals surface area (Å²) in [5, 5.41) is 2.20. The summed E-state index contributed by atoms with van der Waals surface area (Å²) in [6.45, 7) is 4.06. The van der Waals surface area contributed by atoms with E-state index in [9.17, 15) is 4.79 Å². The summed E-state index contributed by atoms with van der Waals surface area (Å²) in [6, 6.07) is 0. The summed E-state index contributed by atoms with van der Waals surface area (Å²) < 4.78 is 0. The van der Waals surface area contributed by atoms with Gasteiger partial charge in [0.2, 0.25) is 0 Å². The molecule has 0 N–H and O–H groups in total. The molecule has 0 spiro atoms. The molecule has 0 saturated heterocycles. The summed E-state index contributed by atoms with van der Waals surface area (Å²) in [4.78, 5) is 22.0. The summed E-state index contributed by atoms with van der Waals surface area (Å²) in [7, 11) is 3.06. The molecule has 1 aromatic rings. The first-order valence-electron chi connectivity index (χ1n) is 4.94. The number of nitrogens with zero attached hydrogens (tertiary/aromatic N) is 2. The minimum absolute atomic E-state index is 0.176. The number of aromatic nitrogens is 1. The van der Waals surface area contributed by atoms with Crippen molar-refractivity contribution < 1.29 is 9.63 Å². The zero-order valence-corrected chi connectivity index (χ0v) is 10.3. The maximum Gasteiger partial charge on any atom is 0.296 e. The fourth-order valence-electron chi connectivity index (χ4n) is 1.19. The average molecular weight is 228 g/mol. The number of hydrogen-bond acceptors (Lipinski definition) is 4. The molecule has 15 heavy (non-hydrogen) atoms. The van der Waals surface area contributed by atoms with Crippen molar-refractivity contribution in [3.05, 3.63) is 15.6 Å². The van der Waals surface area contributed by atoms with Crippen molar-refractivity contribution >= 4 is 17.2 Å². The molecule has 0 unspecified atom stereocenters. The number of aryl methyl sites for hydroxylation is 2. The molecular formula is C10H16N2O2S. The molecule has 5 heteroatoms. The molecule has 1 aromatic heterocycles. The highest BCUT2D eigenvalue weighted by Gasteiger charge is 2.19. The third-order valence-corrected chi connectivity index (χ3v) is 3.47. The van der Waals surface area contributed by atoms with Crippen molar-refractivity contribution in [2.45, 2.75) is 26.7 Å². The van der Waals surface area contributed by atoms with E-state index in [-0.39, 0.29) is 5.91 Å².